The van der Waals surface area contributed by atoms with Gasteiger partial charge in [-0.15, -0.1) is 0 Å². The molecule has 0 saturated heterocycles. The van der Waals surface area contributed by atoms with E-state index in [1.54, 1.807) is 0 Å². The van der Waals surface area contributed by atoms with Crippen LogP contribution in [0.2, 0.25) is 0 Å². The highest BCUT2D eigenvalue weighted by Crippen LogP contribution is 2.28. The molecule has 0 saturated carbocycles. The van der Waals surface area contributed by atoms with Crippen LogP contribution in [0.4, 0.5) is 0 Å². The molecular weight excluding hydrogens is 160 g/mol. The van der Waals surface area contributed by atoms with E-state index in [9.17, 15) is 5.11 Å². The van der Waals surface area contributed by atoms with E-state index in [1.807, 2.05) is 6.92 Å². The number of rotatable bonds is 4. The molecule has 0 aliphatic carbocycles. The summed E-state index contributed by atoms with van der Waals surface area (Å²) in [5, 5.41) is 9.37. The van der Waals surface area contributed by atoms with E-state index >= 15 is 0 Å². The van der Waals surface area contributed by atoms with E-state index in [0.29, 0.717) is 17.3 Å². The first-order valence-corrected chi connectivity index (χ1v) is 5.40. The van der Waals surface area contributed by atoms with Crippen molar-refractivity contribution in [2.75, 3.05) is 0 Å². The summed E-state index contributed by atoms with van der Waals surface area (Å²) in [6.45, 7) is 13.1. The normalized spacial score (nSPS) is 19.6. The van der Waals surface area contributed by atoms with Gasteiger partial charge in [-0.05, 0) is 37.0 Å². The highest BCUT2D eigenvalue weighted by molar-refractivity contribution is 4.70. The van der Waals surface area contributed by atoms with E-state index in [4.69, 9.17) is 0 Å². The van der Waals surface area contributed by atoms with Crippen molar-refractivity contribution in [1.82, 2.24) is 0 Å². The van der Waals surface area contributed by atoms with Crippen molar-refractivity contribution in [2.45, 2.75) is 60.5 Å². The van der Waals surface area contributed by atoms with E-state index in [-0.39, 0.29) is 6.10 Å². The fraction of sp³-hybridized carbons (Fsp3) is 1.00. The highest BCUT2D eigenvalue weighted by Gasteiger charge is 2.18. The van der Waals surface area contributed by atoms with Crippen LogP contribution in [0, 0.1) is 17.3 Å². The van der Waals surface area contributed by atoms with Crippen molar-refractivity contribution in [3.63, 3.8) is 0 Å². The number of aliphatic hydroxyl groups is 1. The monoisotopic (exact) mass is 186 g/mol. The molecule has 0 aliphatic rings. The van der Waals surface area contributed by atoms with Crippen LogP contribution in [0.25, 0.3) is 0 Å². The predicted octanol–water partition coefficient (Wildman–Crippen LogP) is 3.47. The third-order valence-electron chi connectivity index (χ3n) is 2.56. The minimum absolute atomic E-state index is 0.164. The molecule has 1 N–H and O–H groups in total. The van der Waals surface area contributed by atoms with Crippen LogP contribution in [0.5, 0.6) is 0 Å². The Morgan fingerprint density at radius 1 is 1.08 bits per heavy atom. The lowest BCUT2D eigenvalue weighted by Crippen LogP contribution is -2.19. The summed E-state index contributed by atoms with van der Waals surface area (Å²) >= 11 is 0. The molecule has 1 heteroatoms. The molecule has 1 nitrogen and oxygen atoms in total. The van der Waals surface area contributed by atoms with Crippen molar-refractivity contribution in [3.8, 4) is 0 Å². The summed E-state index contributed by atoms with van der Waals surface area (Å²) < 4.78 is 0. The zero-order valence-corrected chi connectivity index (χ0v) is 10.1. The second-order valence-electron chi connectivity index (χ2n) is 5.82. The van der Waals surface area contributed by atoms with Gasteiger partial charge >= 0.3 is 0 Å². The third kappa shape index (κ3) is 7.06. The average molecular weight is 186 g/mol. The van der Waals surface area contributed by atoms with Gasteiger partial charge in [-0.1, -0.05) is 34.6 Å². The average Bonchev–Trinajstić information content (AvgIpc) is 1.81. The number of hydrogen-bond acceptors (Lipinski definition) is 1. The maximum Gasteiger partial charge on any atom is 0.0537 e. The molecule has 3 atom stereocenters. The van der Waals surface area contributed by atoms with Crippen molar-refractivity contribution in [2.24, 2.45) is 17.3 Å². The maximum absolute atomic E-state index is 9.37. The van der Waals surface area contributed by atoms with Crippen LogP contribution >= 0.6 is 0 Å². The lowest BCUT2D eigenvalue weighted by atomic mass is 9.81. The van der Waals surface area contributed by atoms with Crippen LogP contribution in [0.15, 0.2) is 0 Å². The van der Waals surface area contributed by atoms with Gasteiger partial charge in [-0.2, -0.15) is 0 Å². The van der Waals surface area contributed by atoms with E-state index in [0.717, 1.165) is 6.42 Å². The van der Waals surface area contributed by atoms with Crippen molar-refractivity contribution in [3.05, 3.63) is 0 Å². The smallest absolute Gasteiger partial charge is 0.0537 e. The molecular formula is C12H26O. The zero-order valence-electron chi connectivity index (χ0n) is 10.1. The minimum atomic E-state index is -0.164. The predicted molar refractivity (Wildman–Crippen MR) is 58.7 cm³/mol. The van der Waals surface area contributed by atoms with Crippen LogP contribution in [-0.4, -0.2) is 11.2 Å². The Hall–Kier alpha value is -0.0400. The molecule has 0 fully saturated rings. The Labute approximate surface area is 83.5 Å². The van der Waals surface area contributed by atoms with Crippen LogP contribution in [0.3, 0.4) is 0 Å². The Bertz CT molecular complexity index is 133. The van der Waals surface area contributed by atoms with Crippen molar-refractivity contribution in [1.29, 1.82) is 0 Å². The molecule has 0 aliphatic heterocycles. The van der Waals surface area contributed by atoms with E-state index in [1.165, 1.54) is 6.42 Å². The van der Waals surface area contributed by atoms with Crippen LogP contribution in [-0.2, 0) is 0 Å². The van der Waals surface area contributed by atoms with Gasteiger partial charge < -0.3 is 5.11 Å². The van der Waals surface area contributed by atoms with Gasteiger partial charge in [0.1, 0.15) is 0 Å². The summed E-state index contributed by atoms with van der Waals surface area (Å²) in [7, 11) is 0. The lowest BCUT2D eigenvalue weighted by molar-refractivity contribution is 0.114. The highest BCUT2D eigenvalue weighted by atomic mass is 16.3. The quantitative estimate of drug-likeness (QED) is 0.713. The van der Waals surface area contributed by atoms with Gasteiger partial charge in [0.2, 0.25) is 0 Å². The van der Waals surface area contributed by atoms with Crippen molar-refractivity contribution < 1.29 is 5.11 Å². The van der Waals surface area contributed by atoms with Gasteiger partial charge in [0.25, 0.3) is 0 Å². The Morgan fingerprint density at radius 3 is 1.85 bits per heavy atom. The second kappa shape index (κ2) is 4.99. The topological polar surface area (TPSA) is 20.2 Å². The zero-order chi connectivity index (χ0) is 10.6. The molecule has 3 unspecified atom stereocenters. The molecule has 0 bridgehead atoms. The SMILES string of the molecule is CC(CC(C)C(C)O)CC(C)(C)C. The van der Waals surface area contributed by atoms with Gasteiger partial charge in [0.05, 0.1) is 6.10 Å². The van der Waals surface area contributed by atoms with Gasteiger partial charge in [-0.3, -0.25) is 0 Å². The molecule has 0 aromatic carbocycles. The summed E-state index contributed by atoms with van der Waals surface area (Å²) in [5.74, 6) is 1.14. The minimum Gasteiger partial charge on any atom is -0.393 e. The summed E-state index contributed by atoms with van der Waals surface area (Å²) in [4.78, 5) is 0. The first-order valence-electron chi connectivity index (χ1n) is 5.40. The van der Waals surface area contributed by atoms with E-state index < -0.39 is 0 Å². The Morgan fingerprint density at radius 2 is 1.54 bits per heavy atom. The Balaban J connectivity index is 3.81. The summed E-state index contributed by atoms with van der Waals surface area (Å²) in [6, 6.07) is 0. The molecule has 0 rings (SSSR count). The summed E-state index contributed by atoms with van der Waals surface area (Å²) in [5.41, 5.74) is 0.415. The Kier molecular flexibility index (Phi) is 4.98. The molecule has 0 spiro atoms. The molecule has 80 valence electrons. The number of aliphatic hydroxyl groups excluding tert-OH is 1. The molecule has 0 aromatic rings. The molecule has 0 aromatic heterocycles. The molecule has 0 heterocycles. The fourth-order valence-electron chi connectivity index (χ4n) is 1.96. The maximum atomic E-state index is 9.37. The van der Waals surface area contributed by atoms with Crippen molar-refractivity contribution >= 4 is 0 Å². The summed E-state index contributed by atoms with van der Waals surface area (Å²) in [6.07, 6.45) is 2.21. The van der Waals surface area contributed by atoms with Gasteiger partial charge in [-0.25, -0.2) is 0 Å². The largest absolute Gasteiger partial charge is 0.393 e. The molecule has 13 heavy (non-hydrogen) atoms. The van der Waals surface area contributed by atoms with Crippen LogP contribution < -0.4 is 0 Å². The van der Waals surface area contributed by atoms with Gasteiger partial charge in [0, 0.05) is 0 Å². The fourth-order valence-corrected chi connectivity index (χ4v) is 1.96. The van der Waals surface area contributed by atoms with E-state index in [2.05, 4.69) is 34.6 Å². The van der Waals surface area contributed by atoms with Crippen LogP contribution in [0.1, 0.15) is 54.4 Å². The molecule has 0 amide bonds. The second-order valence-corrected chi connectivity index (χ2v) is 5.82. The van der Waals surface area contributed by atoms with Gasteiger partial charge in [0.15, 0.2) is 0 Å². The lowest BCUT2D eigenvalue weighted by Gasteiger charge is -2.26. The number of hydrogen-bond donors (Lipinski definition) is 1. The molecule has 0 radical (unpaired) electrons. The standard InChI is InChI=1S/C12H26O/c1-9(8-12(4,5)6)7-10(2)11(3)13/h9-11,13H,7-8H2,1-6H3. The first-order chi connectivity index (χ1) is 5.72. The first kappa shape index (κ1) is 13.0. The third-order valence-corrected chi connectivity index (χ3v) is 2.56.